The van der Waals surface area contributed by atoms with Gasteiger partial charge in [-0.3, -0.25) is 9.59 Å². The second kappa shape index (κ2) is 13.6. The lowest BCUT2D eigenvalue weighted by Gasteiger charge is -2.08. The molecule has 3 aromatic rings. The van der Waals surface area contributed by atoms with Gasteiger partial charge < -0.3 is 20.1 Å². The summed E-state index contributed by atoms with van der Waals surface area (Å²) in [5.74, 6) is -0.360. The van der Waals surface area contributed by atoms with Crippen molar-refractivity contribution in [2.45, 2.75) is 13.1 Å². The van der Waals surface area contributed by atoms with E-state index in [1.54, 1.807) is 60.7 Å². The van der Waals surface area contributed by atoms with Crippen LogP contribution in [-0.2, 0) is 22.7 Å². The summed E-state index contributed by atoms with van der Waals surface area (Å²) in [5.41, 5.74) is 2.16. The fourth-order valence-electron chi connectivity index (χ4n) is 3.25. The lowest BCUT2D eigenvalue weighted by Crippen LogP contribution is -2.25. The van der Waals surface area contributed by atoms with Crippen molar-refractivity contribution >= 4 is 24.0 Å². The molecule has 10 heteroatoms. The maximum Gasteiger partial charge on any atom is 0.262 e. The number of amides is 2. The highest BCUT2D eigenvalue weighted by atomic mass is 16.5. The van der Waals surface area contributed by atoms with Crippen LogP contribution in [0.25, 0.3) is 12.2 Å². The average molecular weight is 509 g/mol. The van der Waals surface area contributed by atoms with Crippen molar-refractivity contribution in [2.24, 2.45) is 0 Å². The van der Waals surface area contributed by atoms with Crippen molar-refractivity contribution in [1.82, 2.24) is 20.6 Å². The van der Waals surface area contributed by atoms with Gasteiger partial charge in [-0.05, 0) is 35.4 Å². The van der Waals surface area contributed by atoms with Gasteiger partial charge in [0.1, 0.15) is 23.3 Å². The Morgan fingerprint density at radius 3 is 1.58 bits per heavy atom. The van der Waals surface area contributed by atoms with Crippen molar-refractivity contribution < 1.29 is 19.1 Å². The van der Waals surface area contributed by atoms with E-state index in [-0.39, 0.29) is 24.2 Å². The Bertz CT molecular complexity index is 1360. The van der Waals surface area contributed by atoms with Crippen LogP contribution < -0.4 is 20.1 Å². The minimum absolute atomic E-state index is 0.101. The first-order valence-corrected chi connectivity index (χ1v) is 11.4. The quantitative estimate of drug-likeness (QED) is 0.313. The number of hydrogen-bond donors (Lipinski definition) is 2. The van der Waals surface area contributed by atoms with E-state index in [0.29, 0.717) is 23.1 Å². The monoisotopic (exact) mass is 508 g/mol. The number of pyridine rings is 2. The number of hydrogen-bond acceptors (Lipinski definition) is 8. The lowest BCUT2D eigenvalue weighted by molar-refractivity contribution is -0.118. The van der Waals surface area contributed by atoms with Crippen LogP contribution in [0, 0.1) is 22.7 Å². The fraction of sp³-hybridized carbons (Fsp3) is 0.143. The van der Waals surface area contributed by atoms with Crippen LogP contribution in [0.1, 0.15) is 22.5 Å². The predicted molar refractivity (Wildman–Crippen MR) is 139 cm³/mol. The summed E-state index contributed by atoms with van der Waals surface area (Å²) in [7, 11) is 2.96. The molecule has 2 N–H and O–H groups in total. The normalized spacial score (nSPS) is 11.1. The van der Waals surface area contributed by atoms with E-state index in [2.05, 4.69) is 20.6 Å². The number of carbonyl (C=O) groups is 2. The molecule has 0 spiro atoms. The van der Waals surface area contributed by atoms with Gasteiger partial charge in [0.15, 0.2) is 0 Å². The average Bonchev–Trinajstić information content (AvgIpc) is 2.96. The smallest absolute Gasteiger partial charge is 0.262 e. The molecule has 2 aromatic heterocycles. The number of nitrogens with zero attached hydrogens (tertiary/aromatic N) is 4. The Hall–Kier alpha value is -5.48. The van der Waals surface area contributed by atoms with Crippen molar-refractivity contribution in [3.8, 4) is 23.9 Å². The maximum absolute atomic E-state index is 12.5. The number of carbonyl (C=O) groups excluding carboxylic acids is 2. The highest BCUT2D eigenvalue weighted by molar-refractivity contribution is 6.02. The molecule has 0 aliphatic carbocycles. The van der Waals surface area contributed by atoms with E-state index < -0.39 is 11.8 Å². The van der Waals surface area contributed by atoms with Crippen LogP contribution >= 0.6 is 0 Å². The highest BCUT2D eigenvalue weighted by Gasteiger charge is 2.12. The summed E-state index contributed by atoms with van der Waals surface area (Å²) >= 11 is 0. The molecule has 0 fully saturated rings. The van der Waals surface area contributed by atoms with Crippen LogP contribution in [-0.4, -0.2) is 36.0 Å². The van der Waals surface area contributed by atoms with Gasteiger partial charge >= 0.3 is 0 Å². The van der Waals surface area contributed by atoms with E-state index in [4.69, 9.17) is 9.47 Å². The lowest BCUT2D eigenvalue weighted by atomic mass is 10.1. The zero-order chi connectivity index (χ0) is 27.3. The van der Waals surface area contributed by atoms with Gasteiger partial charge in [0.05, 0.1) is 25.6 Å². The molecule has 0 aliphatic heterocycles. The van der Waals surface area contributed by atoms with Gasteiger partial charge in [-0.1, -0.05) is 36.4 Å². The fourth-order valence-corrected chi connectivity index (χ4v) is 3.25. The molecule has 0 atom stereocenters. The van der Waals surface area contributed by atoms with Crippen LogP contribution in [0.5, 0.6) is 11.8 Å². The Labute approximate surface area is 219 Å². The van der Waals surface area contributed by atoms with Crippen molar-refractivity contribution in [1.29, 1.82) is 10.5 Å². The third-order valence-corrected chi connectivity index (χ3v) is 5.12. The number of rotatable bonds is 10. The van der Waals surface area contributed by atoms with Gasteiger partial charge in [-0.25, -0.2) is 9.97 Å². The third-order valence-electron chi connectivity index (χ3n) is 5.12. The number of nitrogens with one attached hydrogen (secondary N) is 2. The first kappa shape index (κ1) is 27.1. The molecule has 2 heterocycles. The largest absolute Gasteiger partial charge is 0.481 e. The molecule has 3 rings (SSSR count). The molecular formula is C28H24N6O4. The Morgan fingerprint density at radius 2 is 1.18 bits per heavy atom. The Balaban J connectivity index is 1.60. The molecule has 0 saturated heterocycles. The summed E-state index contributed by atoms with van der Waals surface area (Å²) in [4.78, 5) is 33.4. The minimum Gasteiger partial charge on any atom is -0.481 e. The van der Waals surface area contributed by atoms with Crippen molar-refractivity contribution in [2.75, 3.05) is 14.2 Å². The van der Waals surface area contributed by atoms with Crippen molar-refractivity contribution in [3.63, 3.8) is 0 Å². The standard InChI is InChI=1S/C28H24N6O4/c1-37-25-10-4-8-23(33-25)13-21(15-29)27(35)31-17-19-6-3-7-20(12-19)18-32-28(36)22(16-30)14-24-9-5-11-26(34-24)38-2/h3-14H,17-18H2,1-2H3,(H,31,35)(H,32,36)/b21-13-,22-14-. The van der Waals surface area contributed by atoms with Gasteiger partial charge in [0.25, 0.3) is 11.8 Å². The molecule has 38 heavy (non-hydrogen) atoms. The molecule has 2 amide bonds. The number of ether oxygens (including phenoxy) is 2. The number of methoxy groups -OCH3 is 2. The zero-order valence-corrected chi connectivity index (χ0v) is 20.8. The summed E-state index contributed by atoms with van der Waals surface area (Å²) in [6.45, 7) is 0.325. The molecule has 1 aromatic carbocycles. The number of benzene rings is 1. The zero-order valence-electron chi connectivity index (χ0n) is 20.8. The van der Waals surface area contributed by atoms with E-state index in [0.717, 1.165) is 11.1 Å². The molecule has 10 nitrogen and oxygen atoms in total. The van der Waals surface area contributed by atoms with Gasteiger partial charge in [0.2, 0.25) is 11.8 Å². The highest BCUT2D eigenvalue weighted by Crippen LogP contribution is 2.12. The Morgan fingerprint density at radius 1 is 0.763 bits per heavy atom. The summed E-state index contributed by atoms with van der Waals surface area (Å²) < 4.78 is 10.1. The van der Waals surface area contributed by atoms with Crippen molar-refractivity contribution in [3.05, 3.63) is 94.3 Å². The first-order valence-electron chi connectivity index (χ1n) is 11.4. The van der Waals surface area contributed by atoms with Gasteiger partial charge in [-0.2, -0.15) is 10.5 Å². The number of aromatic nitrogens is 2. The van der Waals surface area contributed by atoms with Gasteiger partial charge in [-0.15, -0.1) is 0 Å². The van der Waals surface area contributed by atoms with E-state index in [9.17, 15) is 20.1 Å². The van der Waals surface area contributed by atoms with Crippen LogP contribution in [0.2, 0.25) is 0 Å². The Kier molecular flexibility index (Phi) is 9.68. The van der Waals surface area contributed by atoms with Crippen LogP contribution in [0.4, 0.5) is 0 Å². The second-order valence-corrected chi connectivity index (χ2v) is 7.73. The molecule has 0 radical (unpaired) electrons. The molecule has 0 saturated carbocycles. The van der Waals surface area contributed by atoms with E-state index in [1.807, 2.05) is 12.1 Å². The summed E-state index contributed by atoms with van der Waals surface area (Å²) in [6, 6.07) is 21.0. The number of nitriles is 2. The molecular weight excluding hydrogens is 484 g/mol. The SMILES string of the molecule is COc1cccc(/C=C(/C#N)C(=O)NCc2cccc(CNC(=O)/C(C#N)=C\c3cccc(OC)n3)c2)n1. The maximum atomic E-state index is 12.5. The molecule has 0 unspecified atom stereocenters. The molecule has 0 bridgehead atoms. The van der Waals surface area contributed by atoms with Crippen LogP contribution in [0.15, 0.2) is 71.8 Å². The summed E-state index contributed by atoms with van der Waals surface area (Å²) in [5, 5.41) is 24.3. The third kappa shape index (κ3) is 7.77. The van der Waals surface area contributed by atoms with E-state index in [1.165, 1.54) is 26.4 Å². The first-order chi connectivity index (χ1) is 18.4. The predicted octanol–water partition coefficient (Wildman–Crippen LogP) is 2.94. The molecule has 190 valence electrons. The second-order valence-electron chi connectivity index (χ2n) is 7.73. The topological polar surface area (TPSA) is 150 Å². The van der Waals surface area contributed by atoms with E-state index >= 15 is 0 Å². The minimum atomic E-state index is -0.550. The van der Waals surface area contributed by atoms with Crippen LogP contribution in [0.3, 0.4) is 0 Å². The molecule has 0 aliphatic rings. The van der Waals surface area contributed by atoms with Gasteiger partial charge in [0, 0.05) is 25.2 Å². The summed E-state index contributed by atoms with van der Waals surface area (Å²) in [6.07, 6.45) is 2.76.